The van der Waals surface area contributed by atoms with Gasteiger partial charge in [-0.05, 0) is 47.3 Å². The summed E-state index contributed by atoms with van der Waals surface area (Å²) in [6.07, 6.45) is 0. The Morgan fingerprint density at radius 2 is 2.00 bits per heavy atom. The second-order valence-electron chi connectivity index (χ2n) is 6.16. The Hall–Kier alpha value is -1.76. The molecule has 6 heteroatoms. The summed E-state index contributed by atoms with van der Waals surface area (Å²) < 4.78 is 6.52. The van der Waals surface area contributed by atoms with Crippen LogP contribution in [-0.4, -0.2) is 30.2 Å². The molecule has 4 rings (SSSR count). The Bertz CT molecular complexity index is 941. The molecule has 2 heterocycles. The molecule has 3 aromatic rings. The second kappa shape index (κ2) is 8.09. The summed E-state index contributed by atoms with van der Waals surface area (Å²) in [7, 11) is 1.67. The lowest BCUT2D eigenvalue weighted by Crippen LogP contribution is -2.30. The van der Waals surface area contributed by atoms with Gasteiger partial charge in [0.15, 0.2) is 0 Å². The Morgan fingerprint density at radius 1 is 1.19 bits per heavy atom. The quantitative estimate of drug-likeness (QED) is 0.473. The third-order valence-electron chi connectivity index (χ3n) is 4.55. The number of thioether (sulfide) groups is 1. The van der Waals surface area contributed by atoms with Crippen LogP contribution in [0.2, 0.25) is 0 Å². The third-order valence-corrected chi connectivity index (χ3v) is 7.20. The van der Waals surface area contributed by atoms with Gasteiger partial charge in [0.05, 0.1) is 7.11 Å². The minimum absolute atomic E-state index is 0.0399. The average Bonchev–Trinajstić information content (AvgIpc) is 3.39. The fourth-order valence-electron chi connectivity index (χ4n) is 3.22. The van der Waals surface area contributed by atoms with Gasteiger partial charge in [-0.15, -0.1) is 23.1 Å². The summed E-state index contributed by atoms with van der Waals surface area (Å²) in [5.74, 6) is 1.78. The number of carbonyl (C=O) groups is 1. The van der Waals surface area contributed by atoms with Gasteiger partial charge in [0, 0.05) is 32.8 Å². The second-order valence-corrected chi connectivity index (χ2v) is 9.21. The van der Waals surface area contributed by atoms with Crippen LogP contribution in [0.4, 0.5) is 0 Å². The number of nitrogens with zero attached hydrogens (tertiary/aromatic N) is 1. The van der Waals surface area contributed by atoms with E-state index in [4.69, 9.17) is 4.74 Å². The van der Waals surface area contributed by atoms with Crippen molar-refractivity contribution in [3.63, 3.8) is 0 Å². The van der Waals surface area contributed by atoms with Crippen molar-refractivity contribution in [1.29, 1.82) is 0 Å². The van der Waals surface area contributed by atoms with Gasteiger partial charge in [0.25, 0.3) is 5.91 Å². The van der Waals surface area contributed by atoms with Crippen LogP contribution in [0.5, 0.6) is 5.75 Å². The maximum atomic E-state index is 13.2. The number of methoxy groups -OCH3 is 1. The zero-order valence-corrected chi connectivity index (χ0v) is 17.9. The molecule has 0 N–H and O–H groups in total. The first-order chi connectivity index (χ1) is 13.2. The number of benzene rings is 2. The first-order valence-electron chi connectivity index (χ1n) is 8.57. The highest BCUT2D eigenvalue weighted by Gasteiger charge is 2.33. The zero-order chi connectivity index (χ0) is 18.8. The summed E-state index contributed by atoms with van der Waals surface area (Å²) in [5.41, 5.74) is 2.89. The molecule has 1 aromatic heterocycles. The highest BCUT2D eigenvalue weighted by Crippen LogP contribution is 2.43. The number of ether oxygens (including phenoxy) is 1. The first kappa shape index (κ1) is 18.6. The van der Waals surface area contributed by atoms with Gasteiger partial charge in [-0.1, -0.05) is 34.1 Å². The predicted molar refractivity (Wildman–Crippen MR) is 117 cm³/mol. The fraction of sp³-hybridized carbons (Fsp3) is 0.190. The molecule has 3 nitrogen and oxygen atoms in total. The maximum absolute atomic E-state index is 13.2. The van der Waals surface area contributed by atoms with Crippen LogP contribution in [0.25, 0.3) is 10.4 Å². The third kappa shape index (κ3) is 3.79. The summed E-state index contributed by atoms with van der Waals surface area (Å²) in [6.45, 7) is 0.733. The van der Waals surface area contributed by atoms with Crippen LogP contribution >= 0.6 is 39.0 Å². The molecule has 138 valence electrons. The molecule has 0 spiro atoms. The standard InChI is InChI=1S/C21H18BrNO2S2/c1-25-18-9-8-16(22)13-17(18)21-23(10-12-27-21)20(24)15-6-4-14(5-7-15)19-3-2-11-26-19/h2-9,11,13,21H,10,12H2,1H3. The Balaban J connectivity index is 1.60. The lowest BCUT2D eigenvalue weighted by Gasteiger charge is -2.25. The van der Waals surface area contributed by atoms with Crippen LogP contribution in [-0.2, 0) is 0 Å². The van der Waals surface area contributed by atoms with Gasteiger partial charge < -0.3 is 9.64 Å². The van der Waals surface area contributed by atoms with E-state index in [0.717, 1.165) is 39.2 Å². The summed E-state index contributed by atoms with van der Waals surface area (Å²) >= 11 is 7.01. The number of thiophene rings is 1. The van der Waals surface area contributed by atoms with Crippen molar-refractivity contribution >= 4 is 44.9 Å². The van der Waals surface area contributed by atoms with E-state index in [1.165, 1.54) is 4.88 Å². The van der Waals surface area contributed by atoms with Crippen LogP contribution in [0.15, 0.2) is 64.5 Å². The SMILES string of the molecule is COc1ccc(Br)cc1C1SCCN1C(=O)c1ccc(-c2cccs2)cc1. The van der Waals surface area contributed by atoms with E-state index in [0.29, 0.717) is 0 Å². The Kier molecular flexibility index (Phi) is 5.57. The van der Waals surface area contributed by atoms with Crippen LogP contribution < -0.4 is 4.74 Å². The van der Waals surface area contributed by atoms with Gasteiger partial charge >= 0.3 is 0 Å². The number of halogens is 1. The topological polar surface area (TPSA) is 29.5 Å². The van der Waals surface area contributed by atoms with Crippen molar-refractivity contribution in [2.24, 2.45) is 0 Å². The Morgan fingerprint density at radius 3 is 2.70 bits per heavy atom. The van der Waals surface area contributed by atoms with E-state index in [1.807, 2.05) is 53.4 Å². The molecule has 0 aliphatic carbocycles. The smallest absolute Gasteiger partial charge is 0.255 e. The molecule has 0 radical (unpaired) electrons. The lowest BCUT2D eigenvalue weighted by atomic mass is 10.1. The largest absolute Gasteiger partial charge is 0.496 e. The van der Waals surface area contributed by atoms with Crippen LogP contribution in [0.1, 0.15) is 21.3 Å². The molecule has 0 bridgehead atoms. The van der Waals surface area contributed by atoms with E-state index in [-0.39, 0.29) is 11.3 Å². The molecule has 1 unspecified atom stereocenters. The zero-order valence-electron chi connectivity index (χ0n) is 14.7. The van der Waals surface area contributed by atoms with E-state index in [2.05, 4.69) is 27.4 Å². The molecule has 1 aliphatic heterocycles. The van der Waals surface area contributed by atoms with E-state index >= 15 is 0 Å². The van der Waals surface area contributed by atoms with Crippen molar-refractivity contribution in [3.8, 4) is 16.2 Å². The molecule has 2 aromatic carbocycles. The molecule has 1 atom stereocenters. The summed E-state index contributed by atoms with van der Waals surface area (Å²) in [4.78, 5) is 16.3. The lowest BCUT2D eigenvalue weighted by molar-refractivity contribution is 0.0759. The molecule has 1 saturated heterocycles. The minimum Gasteiger partial charge on any atom is -0.496 e. The number of hydrogen-bond acceptors (Lipinski definition) is 4. The molecule has 1 aliphatic rings. The van der Waals surface area contributed by atoms with Gasteiger partial charge in [0.1, 0.15) is 11.1 Å². The molecule has 1 amide bonds. The molecule has 0 saturated carbocycles. The predicted octanol–water partition coefficient (Wildman–Crippen LogP) is 6.07. The number of carbonyl (C=O) groups excluding carboxylic acids is 1. The summed E-state index contributed by atoms with van der Waals surface area (Å²) in [5, 5.41) is 2.02. The minimum atomic E-state index is -0.0399. The van der Waals surface area contributed by atoms with Gasteiger partial charge in [-0.2, -0.15) is 0 Å². The summed E-state index contributed by atoms with van der Waals surface area (Å²) in [6, 6.07) is 18.0. The highest BCUT2D eigenvalue weighted by atomic mass is 79.9. The van der Waals surface area contributed by atoms with E-state index in [9.17, 15) is 4.79 Å². The maximum Gasteiger partial charge on any atom is 0.255 e. The highest BCUT2D eigenvalue weighted by molar-refractivity contribution is 9.10. The first-order valence-corrected chi connectivity index (χ1v) is 11.3. The van der Waals surface area contributed by atoms with Crippen molar-refractivity contribution in [2.75, 3.05) is 19.4 Å². The molecular formula is C21H18BrNO2S2. The van der Waals surface area contributed by atoms with E-state index < -0.39 is 0 Å². The van der Waals surface area contributed by atoms with Gasteiger partial charge in [-0.25, -0.2) is 0 Å². The van der Waals surface area contributed by atoms with Crippen molar-refractivity contribution in [3.05, 3.63) is 75.6 Å². The van der Waals surface area contributed by atoms with E-state index in [1.54, 1.807) is 30.2 Å². The molecule has 1 fully saturated rings. The average molecular weight is 460 g/mol. The van der Waals surface area contributed by atoms with Crippen molar-refractivity contribution in [2.45, 2.75) is 5.37 Å². The molecular weight excluding hydrogens is 442 g/mol. The van der Waals surface area contributed by atoms with Crippen molar-refractivity contribution < 1.29 is 9.53 Å². The normalized spacial score (nSPS) is 16.5. The monoisotopic (exact) mass is 459 g/mol. The Labute approximate surface area is 175 Å². The number of hydrogen-bond donors (Lipinski definition) is 0. The number of amides is 1. The van der Waals surface area contributed by atoms with Crippen LogP contribution in [0.3, 0.4) is 0 Å². The van der Waals surface area contributed by atoms with Gasteiger partial charge in [0.2, 0.25) is 0 Å². The molecule has 27 heavy (non-hydrogen) atoms. The number of rotatable bonds is 4. The fourth-order valence-corrected chi connectivity index (χ4v) is 5.60. The van der Waals surface area contributed by atoms with Crippen LogP contribution in [0, 0.1) is 0 Å². The van der Waals surface area contributed by atoms with Gasteiger partial charge in [-0.3, -0.25) is 4.79 Å². The van der Waals surface area contributed by atoms with Crippen molar-refractivity contribution in [1.82, 2.24) is 4.90 Å².